The fourth-order valence-corrected chi connectivity index (χ4v) is 2.74. The number of nitrogens with one attached hydrogen (secondary N) is 1. The Morgan fingerprint density at radius 1 is 1.30 bits per heavy atom. The quantitative estimate of drug-likeness (QED) is 0.794. The second-order valence-corrected chi connectivity index (χ2v) is 6.51. The summed E-state index contributed by atoms with van der Waals surface area (Å²) in [5.74, 6) is -1.03. The van der Waals surface area contributed by atoms with Crippen LogP contribution in [0.2, 0.25) is 0 Å². The SMILES string of the molecule is CC(C)n1cc(Br)cc1C(=O)Nc1cccc(CCC(=O)O)c1. The summed E-state index contributed by atoms with van der Waals surface area (Å²) in [4.78, 5) is 23.1. The van der Waals surface area contributed by atoms with E-state index in [9.17, 15) is 9.59 Å². The second-order valence-electron chi connectivity index (χ2n) is 5.59. The van der Waals surface area contributed by atoms with E-state index < -0.39 is 5.97 Å². The predicted molar refractivity (Wildman–Crippen MR) is 92.9 cm³/mol. The summed E-state index contributed by atoms with van der Waals surface area (Å²) in [7, 11) is 0. The van der Waals surface area contributed by atoms with Gasteiger partial charge in [0.15, 0.2) is 0 Å². The standard InChI is InChI=1S/C17H19BrN2O3/c1-11(2)20-10-13(18)9-15(20)17(23)19-14-5-3-4-12(8-14)6-7-16(21)22/h3-5,8-11H,6-7H2,1-2H3,(H,19,23)(H,21,22). The molecule has 0 unspecified atom stereocenters. The third-order valence-electron chi connectivity index (χ3n) is 3.42. The van der Waals surface area contributed by atoms with Crippen molar-refractivity contribution in [3.63, 3.8) is 0 Å². The van der Waals surface area contributed by atoms with E-state index in [1.165, 1.54) is 0 Å². The number of hydrogen-bond donors (Lipinski definition) is 2. The maximum Gasteiger partial charge on any atom is 0.303 e. The number of carbonyl (C=O) groups excluding carboxylic acids is 1. The molecule has 6 heteroatoms. The average Bonchev–Trinajstić information content (AvgIpc) is 2.88. The van der Waals surface area contributed by atoms with Crippen LogP contribution >= 0.6 is 15.9 Å². The fraction of sp³-hybridized carbons (Fsp3) is 0.294. The lowest BCUT2D eigenvalue weighted by Crippen LogP contribution is -2.17. The Labute approximate surface area is 143 Å². The molecular formula is C17H19BrN2O3. The van der Waals surface area contributed by atoms with Crippen molar-refractivity contribution in [3.05, 3.63) is 52.3 Å². The molecule has 0 aliphatic heterocycles. The molecule has 0 aliphatic rings. The third-order valence-corrected chi connectivity index (χ3v) is 3.85. The van der Waals surface area contributed by atoms with E-state index in [4.69, 9.17) is 5.11 Å². The van der Waals surface area contributed by atoms with Crippen molar-refractivity contribution < 1.29 is 14.7 Å². The minimum Gasteiger partial charge on any atom is -0.481 e. The Bertz CT molecular complexity index is 722. The number of carboxylic acids is 1. The molecule has 1 aromatic heterocycles. The molecule has 0 aliphatic carbocycles. The van der Waals surface area contributed by atoms with E-state index in [-0.39, 0.29) is 18.4 Å². The summed E-state index contributed by atoms with van der Waals surface area (Å²) < 4.78 is 2.75. The summed E-state index contributed by atoms with van der Waals surface area (Å²) in [6, 6.07) is 9.21. The summed E-state index contributed by atoms with van der Waals surface area (Å²) in [5, 5.41) is 11.6. The highest BCUT2D eigenvalue weighted by Crippen LogP contribution is 2.21. The van der Waals surface area contributed by atoms with Gasteiger partial charge in [-0.25, -0.2) is 0 Å². The average molecular weight is 379 g/mol. The zero-order chi connectivity index (χ0) is 17.0. The van der Waals surface area contributed by atoms with Crippen LogP contribution < -0.4 is 5.32 Å². The lowest BCUT2D eigenvalue weighted by molar-refractivity contribution is -0.136. The number of rotatable bonds is 6. The van der Waals surface area contributed by atoms with Gasteiger partial charge in [-0.2, -0.15) is 0 Å². The number of carbonyl (C=O) groups is 2. The molecule has 1 aromatic carbocycles. The summed E-state index contributed by atoms with van der Waals surface area (Å²) >= 11 is 3.39. The summed E-state index contributed by atoms with van der Waals surface area (Å²) in [6.07, 6.45) is 2.39. The Kier molecular flexibility index (Phi) is 5.60. The smallest absolute Gasteiger partial charge is 0.303 e. The molecule has 0 saturated heterocycles. The number of benzene rings is 1. The minimum atomic E-state index is -0.834. The predicted octanol–water partition coefficient (Wildman–Crippen LogP) is 4.10. The van der Waals surface area contributed by atoms with Crippen LogP contribution in [0.15, 0.2) is 41.0 Å². The van der Waals surface area contributed by atoms with E-state index in [1.807, 2.05) is 36.7 Å². The van der Waals surface area contributed by atoms with Crippen LogP contribution in [-0.4, -0.2) is 21.6 Å². The largest absolute Gasteiger partial charge is 0.481 e. The van der Waals surface area contributed by atoms with Crippen LogP contribution in [0, 0.1) is 0 Å². The topological polar surface area (TPSA) is 71.3 Å². The fourth-order valence-electron chi connectivity index (χ4n) is 2.31. The number of amides is 1. The number of aryl methyl sites for hydroxylation is 1. The van der Waals surface area contributed by atoms with Crippen LogP contribution in [0.3, 0.4) is 0 Å². The Balaban J connectivity index is 2.14. The highest BCUT2D eigenvalue weighted by Gasteiger charge is 2.15. The molecule has 2 rings (SSSR count). The van der Waals surface area contributed by atoms with Crippen LogP contribution in [0.5, 0.6) is 0 Å². The van der Waals surface area contributed by atoms with Gasteiger partial charge < -0.3 is 15.0 Å². The van der Waals surface area contributed by atoms with Crippen molar-refractivity contribution in [1.82, 2.24) is 4.57 Å². The first kappa shape index (κ1) is 17.3. The molecule has 122 valence electrons. The Morgan fingerprint density at radius 2 is 2.04 bits per heavy atom. The number of aliphatic carboxylic acids is 1. The van der Waals surface area contributed by atoms with Gasteiger partial charge in [-0.05, 0) is 60.0 Å². The van der Waals surface area contributed by atoms with Gasteiger partial charge in [0.1, 0.15) is 5.69 Å². The molecule has 0 spiro atoms. The van der Waals surface area contributed by atoms with Crippen molar-refractivity contribution in [2.75, 3.05) is 5.32 Å². The first-order valence-electron chi connectivity index (χ1n) is 7.36. The van der Waals surface area contributed by atoms with E-state index in [0.29, 0.717) is 17.8 Å². The first-order valence-corrected chi connectivity index (χ1v) is 8.15. The third kappa shape index (κ3) is 4.69. The highest BCUT2D eigenvalue weighted by molar-refractivity contribution is 9.10. The van der Waals surface area contributed by atoms with E-state index in [0.717, 1.165) is 10.0 Å². The second kappa shape index (κ2) is 7.46. The van der Waals surface area contributed by atoms with Gasteiger partial charge in [0.2, 0.25) is 0 Å². The number of carboxylic acid groups (broad SMARTS) is 1. The molecule has 2 N–H and O–H groups in total. The normalized spacial score (nSPS) is 10.8. The number of anilines is 1. The van der Waals surface area contributed by atoms with Crippen LogP contribution in [0.4, 0.5) is 5.69 Å². The van der Waals surface area contributed by atoms with Crippen molar-refractivity contribution in [2.24, 2.45) is 0 Å². The molecule has 0 atom stereocenters. The zero-order valence-electron chi connectivity index (χ0n) is 13.0. The molecule has 0 fully saturated rings. The summed E-state index contributed by atoms with van der Waals surface area (Å²) in [6.45, 7) is 4.02. The van der Waals surface area contributed by atoms with Gasteiger partial charge in [0, 0.05) is 28.8 Å². The monoisotopic (exact) mass is 378 g/mol. The number of hydrogen-bond acceptors (Lipinski definition) is 2. The molecule has 5 nitrogen and oxygen atoms in total. The van der Waals surface area contributed by atoms with Crippen molar-refractivity contribution >= 4 is 33.5 Å². The molecule has 1 heterocycles. The number of nitrogens with zero attached hydrogens (tertiary/aromatic N) is 1. The van der Waals surface area contributed by atoms with Gasteiger partial charge in [-0.3, -0.25) is 9.59 Å². The Hall–Kier alpha value is -2.08. The van der Waals surface area contributed by atoms with E-state index >= 15 is 0 Å². The molecule has 1 amide bonds. The lowest BCUT2D eigenvalue weighted by atomic mass is 10.1. The number of aromatic nitrogens is 1. The van der Waals surface area contributed by atoms with Crippen LogP contribution in [0.25, 0.3) is 0 Å². The maximum absolute atomic E-state index is 12.5. The first-order chi connectivity index (χ1) is 10.9. The van der Waals surface area contributed by atoms with Gasteiger partial charge in [-0.15, -0.1) is 0 Å². The van der Waals surface area contributed by atoms with Crippen molar-refractivity contribution in [2.45, 2.75) is 32.7 Å². The minimum absolute atomic E-state index is 0.0700. The van der Waals surface area contributed by atoms with Crippen molar-refractivity contribution in [1.29, 1.82) is 0 Å². The van der Waals surface area contributed by atoms with Crippen LogP contribution in [0.1, 0.15) is 42.4 Å². The molecular weight excluding hydrogens is 360 g/mol. The van der Waals surface area contributed by atoms with Gasteiger partial charge in [-0.1, -0.05) is 12.1 Å². The van der Waals surface area contributed by atoms with Gasteiger partial charge in [0.05, 0.1) is 0 Å². The molecule has 0 saturated carbocycles. The van der Waals surface area contributed by atoms with E-state index in [2.05, 4.69) is 21.2 Å². The molecule has 0 radical (unpaired) electrons. The Morgan fingerprint density at radius 3 is 2.70 bits per heavy atom. The van der Waals surface area contributed by atoms with Gasteiger partial charge >= 0.3 is 5.97 Å². The lowest BCUT2D eigenvalue weighted by Gasteiger charge is -2.13. The summed E-state index contributed by atoms with van der Waals surface area (Å²) in [5.41, 5.74) is 2.11. The zero-order valence-corrected chi connectivity index (χ0v) is 14.6. The molecule has 0 bridgehead atoms. The molecule has 2 aromatic rings. The van der Waals surface area contributed by atoms with Crippen molar-refractivity contribution in [3.8, 4) is 0 Å². The molecule has 23 heavy (non-hydrogen) atoms. The maximum atomic E-state index is 12.5. The highest BCUT2D eigenvalue weighted by atomic mass is 79.9. The van der Waals surface area contributed by atoms with Crippen LogP contribution in [-0.2, 0) is 11.2 Å². The van der Waals surface area contributed by atoms with Gasteiger partial charge in [0.25, 0.3) is 5.91 Å². The van der Waals surface area contributed by atoms with E-state index in [1.54, 1.807) is 18.2 Å². The number of halogens is 1.